The maximum absolute atomic E-state index is 12.4. The Labute approximate surface area is 157 Å². The predicted octanol–water partition coefficient (Wildman–Crippen LogP) is 2.29. The van der Waals surface area contributed by atoms with Crippen LogP contribution in [0.5, 0.6) is 0 Å². The summed E-state index contributed by atoms with van der Waals surface area (Å²) in [5.74, 6) is -1.32. The maximum atomic E-state index is 12.4. The van der Waals surface area contributed by atoms with E-state index in [1.807, 2.05) is 0 Å². The lowest BCUT2D eigenvalue weighted by atomic mass is 9.99. The zero-order valence-corrected chi connectivity index (χ0v) is 15.8. The number of anilines is 2. The average Bonchev–Trinajstić information content (AvgIpc) is 2.72. The van der Waals surface area contributed by atoms with Gasteiger partial charge < -0.3 is 21.1 Å². The summed E-state index contributed by atoms with van der Waals surface area (Å²) in [5, 5.41) is 16.7. The second kappa shape index (κ2) is 7.26. The third kappa shape index (κ3) is 4.96. The van der Waals surface area contributed by atoms with E-state index in [1.54, 1.807) is 45.9 Å². The molecular formula is C18H24N4O5. The Morgan fingerprint density at radius 3 is 2.48 bits per heavy atom. The molecule has 0 aliphatic carbocycles. The minimum atomic E-state index is -0.994. The van der Waals surface area contributed by atoms with Crippen molar-refractivity contribution < 1.29 is 24.3 Å². The summed E-state index contributed by atoms with van der Waals surface area (Å²) in [5.41, 5.74) is -0.976. The van der Waals surface area contributed by atoms with Gasteiger partial charge in [-0.25, -0.2) is 14.5 Å². The number of urea groups is 2. The highest BCUT2D eigenvalue weighted by Crippen LogP contribution is 2.26. The average molecular weight is 376 g/mol. The molecule has 0 radical (unpaired) electrons. The Bertz CT molecular complexity index is 788. The number of nitrogens with zero attached hydrogens (tertiary/aromatic N) is 1. The highest BCUT2D eigenvalue weighted by atomic mass is 16.4. The van der Waals surface area contributed by atoms with Gasteiger partial charge in [0.25, 0.3) is 5.91 Å². The summed E-state index contributed by atoms with van der Waals surface area (Å²) in [4.78, 5) is 48.4. The van der Waals surface area contributed by atoms with Gasteiger partial charge in [-0.3, -0.25) is 9.59 Å². The molecule has 0 spiro atoms. The van der Waals surface area contributed by atoms with Crippen LogP contribution in [0, 0.1) is 0 Å². The lowest BCUT2D eigenvalue weighted by Crippen LogP contribution is -2.45. The minimum absolute atomic E-state index is 0.0647. The third-order valence-corrected chi connectivity index (χ3v) is 4.14. The van der Waals surface area contributed by atoms with Crippen molar-refractivity contribution in [3.8, 4) is 0 Å². The Kier molecular flexibility index (Phi) is 5.43. The van der Waals surface area contributed by atoms with Crippen LogP contribution in [0.4, 0.5) is 21.0 Å². The van der Waals surface area contributed by atoms with Crippen molar-refractivity contribution in [2.75, 3.05) is 10.2 Å². The number of nitrogens with one attached hydrogen (secondary N) is 3. The van der Waals surface area contributed by atoms with Gasteiger partial charge in [0.15, 0.2) is 0 Å². The van der Waals surface area contributed by atoms with Gasteiger partial charge in [-0.15, -0.1) is 0 Å². The number of amides is 5. The summed E-state index contributed by atoms with van der Waals surface area (Å²) in [6.45, 7) is 6.67. The van der Waals surface area contributed by atoms with Crippen LogP contribution < -0.4 is 20.9 Å². The molecule has 0 atom stereocenters. The number of aliphatic carboxylic acids is 1. The first kappa shape index (κ1) is 20.2. The van der Waals surface area contributed by atoms with Crippen molar-refractivity contribution >= 4 is 35.3 Å². The summed E-state index contributed by atoms with van der Waals surface area (Å²) in [7, 11) is 0. The summed E-state index contributed by atoms with van der Waals surface area (Å²) in [6, 6.07) is 5.31. The standard InChI is InChI=1S/C18H24N4O5/c1-17(2,9-8-13(23)24)20-15(26)19-11-6-5-7-12(10-11)22-14(25)18(3,4)21-16(22)27/h5-7,10H,8-9H2,1-4H3,(H,21,27)(H,23,24)(H2,19,20,26). The molecule has 0 saturated carbocycles. The van der Waals surface area contributed by atoms with E-state index in [4.69, 9.17) is 5.11 Å². The summed E-state index contributed by atoms with van der Waals surface area (Å²) < 4.78 is 0. The molecule has 1 aromatic rings. The smallest absolute Gasteiger partial charge is 0.329 e. The topological polar surface area (TPSA) is 128 Å². The van der Waals surface area contributed by atoms with Crippen LogP contribution in [0.3, 0.4) is 0 Å². The van der Waals surface area contributed by atoms with Crippen molar-refractivity contribution in [2.24, 2.45) is 0 Å². The molecule has 0 bridgehead atoms. The first-order valence-corrected chi connectivity index (χ1v) is 8.49. The molecule has 1 fully saturated rings. The van der Waals surface area contributed by atoms with Gasteiger partial charge in [0.1, 0.15) is 5.54 Å². The largest absolute Gasteiger partial charge is 0.481 e. The first-order valence-electron chi connectivity index (χ1n) is 8.49. The Morgan fingerprint density at radius 2 is 1.93 bits per heavy atom. The fourth-order valence-electron chi connectivity index (χ4n) is 2.66. The molecule has 1 aromatic carbocycles. The van der Waals surface area contributed by atoms with Crippen LogP contribution in [0.15, 0.2) is 24.3 Å². The Balaban J connectivity index is 2.08. The van der Waals surface area contributed by atoms with E-state index in [0.717, 1.165) is 4.90 Å². The number of carboxylic acids is 1. The van der Waals surface area contributed by atoms with Crippen LogP contribution in [-0.2, 0) is 9.59 Å². The molecule has 0 unspecified atom stereocenters. The van der Waals surface area contributed by atoms with Crippen molar-refractivity contribution in [2.45, 2.75) is 51.6 Å². The van der Waals surface area contributed by atoms with Gasteiger partial charge in [0.2, 0.25) is 0 Å². The number of hydrogen-bond donors (Lipinski definition) is 4. The van der Waals surface area contributed by atoms with Gasteiger partial charge in [0, 0.05) is 17.6 Å². The summed E-state index contributed by atoms with van der Waals surface area (Å²) in [6.07, 6.45) is 0.206. The zero-order chi connectivity index (χ0) is 20.4. The van der Waals surface area contributed by atoms with E-state index in [9.17, 15) is 19.2 Å². The van der Waals surface area contributed by atoms with E-state index in [0.29, 0.717) is 11.4 Å². The van der Waals surface area contributed by atoms with E-state index >= 15 is 0 Å². The monoisotopic (exact) mass is 376 g/mol. The molecule has 9 nitrogen and oxygen atoms in total. The minimum Gasteiger partial charge on any atom is -0.481 e. The molecule has 2 rings (SSSR count). The SMILES string of the molecule is CC(C)(CCC(=O)O)NC(=O)Nc1cccc(N2C(=O)NC(C)(C)C2=O)c1. The lowest BCUT2D eigenvalue weighted by Gasteiger charge is -2.25. The predicted molar refractivity (Wildman–Crippen MR) is 99.6 cm³/mol. The van der Waals surface area contributed by atoms with Crippen molar-refractivity contribution in [1.29, 1.82) is 0 Å². The fourth-order valence-corrected chi connectivity index (χ4v) is 2.66. The van der Waals surface area contributed by atoms with E-state index < -0.39 is 29.1 Å². The van der Waals surface area contributed by atoms with Crippen LogP contribution >= 0.6 is 0 Å². The molecule has 5 amide bonds. The highest BCUT2D eigenvalue weighted by molar-refractivity contribution is 6.23. The van der Waals surface area contributed by atoms with E-state index in [1.165, 1.54) is 6.07 Å². The van der Waals surface area contributed by atoms with Crippen LogP contribution in [0.1, 0.15) is 40.5 Å². The van der Waals surface area contributed by atoms with Gasteiger partial charge in [-0.2, -0.15) is 0 Å². The fraction of sp³-hybridized carbons (Fsp3) is 0.444. The number of benzene rings is 1. The molecule has 9 heteroatoms. The lowest BCUT2D eigenvalue weighted by molar-refractivity contribution is -0.137. The van der Waals surface area contributed by atoms with E-state index in [2.05, 4.69) is 16.0 Å². The quantitative estimate of drug-likeness (QED) is 0.566. The van der Waals surface area contributed by atoms with Crippen molar-refractivity contribution in [3.05, 3.63) is 24.3 Å². The number of carboxylic acid groups (broad SMARTS) is 1. The van der Waals surface area contributed by atoms with Crippen LogP contribution in [0.25, 0.3) is 0 Å². The normalized spacial score (nSPS) is 16.1. The summed E-state index contributed by atoms with van der Waals surface area (Å²) >= 11 is 0. The number of carbonyl (C=O) groups excluding carboxylic acids is 3. The van der Waals surface area contributed by atoms with Gasteiger partial charge in [0.05, 0.1) is 5.69 Å². The molecule has 1 aliphatic rings. The molecule has 0 aromatic heterocycles. The number of carbonyl (C=O) groups is 4. The first-order chi connectivity index (χ1) is 12.4. The van der Waals surface area contributed by atoms with Crippen LogP contribution in [0.2, 0.25) is 0 Å². The highest BCUT2D eigenvalue weighted by Gasteiger charge is 2.45. The molecular weight excluding hydrogens is 352 g/mol. The van der Waals surface area contributed by atoms with Gasteiger partial charge in [-0.1, -0.05) is 6.07 Å². The van der Waals surface area contributed by atoms with Gasteiger partial charge in [-0.05, 0) is 52.3 Å². The number of rotatable bonds is 6. The van der Waals surface area contributed by atoms with Crippen LogP contribution in [-0.4, -0.2) is 40.1 Å². The number of imide groups is 1. The molecule has 1 aliphatic heterocycles. The zero-order valence-electron chi connectivity index (χ0n) is 15.8. The van der Waals surface area contributed by atoms with Gasteiger partial charge >= 0.3 is 18.0 Å². The second-order valence-electron chi connectivity index (χ2n) is 7.60. The second-order valence-corrected chi connectivity index (χ2v) is 7.60. The molecule has 146 valence electrons. The molecule has 27 heavy (non-hydrogen) atoms. The molecule has 1 heterocycles. The molecule has 1 saturated heterocycles. The maximum Gasteiger partial charge on any atom is 0.329 e. The third-order valence-electron chi connectivity index (χ3n) is 4.14. The van der Waals surface area contributed by atoms with Crippen molar-refractivity contribution in [1.82, 2.24) is 10.6 Å². The Morgan fingerprint density at radius 1 is 1.26 bits per heavy atom. The van der Waals surface area contributed by atoms with Crippen molar-refractivity contribution in [3.63, 3.8) is 0 Å². The van der Waals surface area contributed by atoms with E-state index in [-0.39, 0.29) is 18.7 Å². The Hall–Kier alpha value is -3.10. The number of hydrogen-bond acceptors (Lipinski definition) is 4. The molecule has 4 N–H and O–H groups in total.